The number of hydrogen-bond donors (Lipinski definition) is 1. The largest absolute Gasteiger partial charge is 0.496 e. The molecule has 240 valence electrons. The lowest BCUT2D eigenvalue weighted by Gasteiger charge is -2.36. The molecule has 1 aliphatic carbocycles. The summed E-state index contributed by atoms with van der Waals surface area (Å²) < 4.78 is 92.4. The summed E-state index contributed by atoms with van der Waals surface area (Å²) in [6.45, 7) is 5.87. The number of thioether (sulfide) groups is 1. The summed E-state index contributed by atoms with van der Waals surface area (Å²) in [4.78, 5) is 18.8. The zero-order valence-corrected chi connectivity index (χ0v) is 26.1. The molecule has 0 unspecified atom stereocenters. The Labute approximate surface area is 256 Å². The number of halogens is 6. The minimum absolute atomic E-state index is 0.0643. The number of nitrogens with zero attached hydrogens (tertiary/aromatic N) is 2. The number of amidine groups is 1. The molecule has 0 bridgehead atoms. The Morgan fingerprint density at radius 2 is 1.75 bits per heavy atom. The number of aliphatic imine (C=N–C) groups is 1. The van der Waals surface area contributed by atoms with E-state index in [0.29, 0.717) is 35.9 Å². The normalized spacial score (nSPS) is 21.0. The summed E-state index contributed by atoms with van der Waals surface area (Å²) in [5.41, 5.74) is 0.0911. The van der Waals surface area contributed by atoms with E-state index in [2.05, 4.69) is 24.2 Å². The highest BCUT2D eigenvalue weighted by atomic mass is 32.2. The number of amides is 1. The number of rotatable bonds is 6. The average Bonchev–Trinajstić information content (AvgIpc) is 3.22. The van der Waals surface area contributed by atoms with E-state index in [-0.39, 0.29) is 23.6 Å². The van der Waals surface area contributed by atoms with Crippen LogP contribution < -0.4 is 10.1 Å². The number of nitrogens with one attached hydrogen (secondary N) is 1. The Bertz CT molecular complexity index is 1440. The Morgan fingerprint density at radius 3 is 2.30 bits per heavy atom. The number of ether oxygens (including phenoxy) is 2. The highest BCUT2D eigenvalue weighted by Gasteiger charge is 2.44. The number of hydrogen-bond acceptors (Lipinski definition) is 5. The lowest BCUT2D eigenvalue weighted by atomic mass is 9.72. The second kappa shape index (κ2) is 12.6. The molecule has 2 atom stereocenters. The van der Waals surface area contributed by atoms with Gasteiger partial charge in [-0.05, 0) is 91.0 Å². The van der Waals surface area contributed by atoms with Gasteiger partial charge in [0.1, 0.15) is 11.9 Å². The summed E-state index contributed by atoms with van der Waals surface area (Å²) in [6.07, 6.45) is -8.14. The minimum Gasteiger partial charge on any atom is -0.496 e. The summed E-state index contributed by atoms with van der Waals surface area (Å²) >= 11 is 1.45. The van der Waals surface area contributed by atoms with Crippen LogP contribution in [0.4, 0.5) is 36.8 Å². The molecule has 1 aliphatic heterocycles. The van der Waals surface area contributed by atoms with Crippen molar-refractivity contribution in [2.24, 2.45) is 10.4 Å². The maximum absolute atomic E-state index is 13.5. The zero-order valence-electron chi connectivity index (χ0n) is 25.2. The fourth-order valence-corrected chi connectivity index (χ4v) is 6.14. The van der Waals surface area contributed by atoms with Crippen LogP contribution in [0.25, 0.3) is 5.57 Å². The van der Waals surface area contributed by atoms with E-state index in [1.165, 1.54) is 16.7 Å². The first-order valence-electron chi connectivity index (χ1n) is 13.9. The standard InChI is InChI=1S/C31H35F6N3O3S/c1-17-26(18-11-20(30(32,33)34)13-21(12-18)31(35,36)37)43-28(41)40(17)16-19-15-29(2,3)10-9-23(19)24-14-22(7-8-25(24)42-5)39-27(38-4)44-6/h7-8,11-14,17,26H,9-10,15-16H2,1-6H3,(H,38,39)/t17-,26-/m0/s1. The first-order chi connectivity index (χ1) is 20.5. The van der Waals surface area contributed by atoms with Gasteiger partial charge in [-0.25, -0.2) is 4.79 Å². The molecule has 44 heavy (non-hydrogen) atoms. The van der Waals surface area contributed by atoms with E-state index in [9.17, 15) is 31.1 Å². The number of alkyl halides is 6. The monoisotopic (exact) mass is 643 g/mol. The topological polar surface area (TPSA) is 63.2 Å². The fraction of sp³-hybridized carbons (Fsp3) is 0.484. The van der Waals surface area contributed by atoms with Crippen molar-refractivity contribution < 1.29 is 40.6 Å². The van der Waals surface area contributed by atoms with E-state index < -0.39 is 41.7 Å². The van der Waals surface area contributed by atoms with Gasteiger partial charge in [-0.1, -0.05) is 25.6 Å². The predicted octanol–water partition coefficient (Wildman–Crippen LogP) is 9.04. The molecule has 0 aromatic heterocycles. The number of anilines is 1. The van der Waals surface area contributed by atoms with Gasteiger partial charge in [0.2, 0.25) is 0 Å². The van der Waals surface area contributed by atoms with Gasteiger partial charge in [0.15, 0.2) is 5.17 Å². The van der Waals surface area contributed by atoms with Gasteiger partial charge < -0.3 is 14.8 Å². The second-order valence-corrected chi connectivity index (χ2v) is 12.5. The lowest BCUT2D eigenvalue weighted by Crippen LogP contribution is -2.35. The van der Waals surface area contributed by atoms with Crippen LogP contribution in [-0.4, -0.2) is 49.2 Å². The Morgan fingerprint density at radius 1 is 1.11 bits per heavy atom. The molecule has 1 fully saturated rings. The third-order valence-corrected chi connectivity index (χ3v) is 8.71. The van der Waals surface area contributed by atoms with Crippen molar-refractivity contribution in [3.63, 3.8) is 0 Å². The zero-order chi connectivity index (χ0) is 32.6. The summed E-state index contributed by atoms with van der Waals surface area (Å²) in [6, 6.07) is 6.11. The number of allylic oxidation sites excluding steroid dienone is 1. The molecule has 2 aliphatic rings. The highest BCUT2D eigenvalue weighted by Crippen LogP contribution is 2.47. The van der Waals surface area contributed by atoms with Gasteiger partial charge in [-0.15, -0.1) is 0 Å². The van der Waals surface area contributed by atoms with Crippen LogP contribution in [0.2, 0.25) is 0 Å². The summed E-state index contributed by atoms with van der Waals surface area (Å²) in [5, 5.41) is 3.98. The van der Waals surface area contributed by atoms with Gasteiger partial charge in [-0.3, -0.25) is 9.89 Å². The van der Waals surface area contributed by atoms with Crippen molar-refractivity contribution >= 4 is 34.3 Å². The molecule has 1 N–H and O–H groups in total. The number of methoxy groups -OCH3 is 1. The van der Waals surface area contributed by atoms with Crippen LogP contribution in [0, 0.1) is 5.41 Å². The van der Waals surface area contributed by atoms with Gasteiger partial charge in [-0.2, -0.15) is 26.3 Å². The molecule has 2 aromatic carbocycles. The number of carbonyl (C=O) groups is 1. The van der Waals surface area contributed by atoms with Gasteiger partial charge in [0.25, 0.3) is 0 Å². The number of cyclic esters (lactones) is 1. The summed E-state index contributed by atoms with van der Waals surface area (Å²) in [5.74, 6) is 0.625. The van der Waals surface area contributed by atoms with Crippen LogP contribution >= 0.6 is 11.8 Å². The molecule has 0 radical (unpaired) electrons. The molecule has 1 heterocycles. The van der Waals surface area contributed by atoms with Gasteiger partial charge in [0.05, 0.1) is 24.3 Å². The van der Waals surface area contributed by atoms with Crippen LogP contribution in [0.3, 0.4) is 0 Å². The number of carbonyl (C=O) groups excluding carboxylic acids is 1. The van der Waals surface area contributed by atoms with E-state index in [0.717, 1.165) is 28.8 Å². The van der Waals surface area contributed by atoms with Crippen LogP contribution in [0.5, 0.6) is 5.75 Å². The van der Waals surface area contributed by atoms with Crippen molar-refractivity contribution in [1.29, 1.82) is 0 Å². The third kappa shape index (κ3) is 7.30. The SMILES string of the molecule is CN=C(Nc1ccc(OC)c(C2=C(CN3C(=O)O[C@H](c4cc(C(F)(F)F)cc(C(F)(F)F)c4)[C@@H]3C)CC(C)(C)CC2)c1)SC. The molecule has 0 saturated carbocycles. The van der Waals surface area contributed by atoms with Crippen molar-refractivity contribution in [2.75, 3.05) is 32.3 Å². The van der Waals surface area contributed by atoms with Gasteiger partial charge >= 0.3 is 18.4 Å². The van der Waals surface area contributed by atoms with Crippen molar-refractivity contribution in [3.8, 4) is 5.75 Å². The average molecular weight is 644 g/mol. The van der Waals surface area contributed by atoms with Crippen molar-refractivity contribution in [3.05, 3.63) is 64.2 Å². The molecular weight excluding hydrogens is 608 g/mol. The fourth-order valence-electron chi connectivity index (χ4n) is 5.74. The Balaban J connectivity index is 1.74. The smallest absolute Gasteiger partial charge is 0.416 e. The predicted molar refractivity (Wildman–Crippen MR) is 160 cm³/mol. The maximum atomic E-state index is 13.5. The first kappa shape index (κ1) is 33.5. The van der Waals surface area contributed by atoms with E-state index in [1.807, 2.05) is 24.5 Å². The Hall–Kier alpha value is -3.35. The maximum Gasteiger partial charge on any atom is 0.416 e. The van der Waals surface area contributed by atoms with Crippen LogP contribution in [0.15, 0.2) is 47.0 Å². The lowest BCUT2D eigenvalue weighted by molar-refractivity contribution is -0.143. The molecule has 2 aromatic rings. The van der Waals surface area contributed by atoms with E-state index >= 15 is 0 Å². The van der Waals surface area contributed by atoms with Crippen LogP contribution in [-0.2, 0) is 17.1 Å². The highest BCUT2D eigenvalue weighted by molar-refractivity contribution is 8.13. The van der Waals surface area contributed by atoms with Gasteiger partial charge in [0, 0.05) is 24.8 Å². The molecule has 0 spiro atoms. The van der Waals surface area contributed by atoms with E-state index in [1.54, 1.807) is 21.1 Å². The molecule has 13 heteroatoms. The molecular formula is C31H35F6N3O3S. The first-order valence-corrected chi connectivity index (χ1v) is 15.1. The molecule has 4 rings (SSSR count). The Kier molecular flexibility index (Phi) is 9.58. The second-order valence-electron chi connectivity index (χ2n) is 11.7. The van der Waals surface area contributed by atoms with E-state index in [4.69, 9.17) is 9.47 Å². The quantitative estimate of drug-likeness (QED) is 0.193. The van der Waals surface area contributed by atoms with Crippen molar-refractivity contribution in [1.82, 2.24) is 4.90 Å². The number of benzene rings is 2. The minimum atomic E-state index is -5.02. The molecule has 1 saturated heterocycles. The van der Waals surface area contributed by atoms with Crippen LogP contribution in [0.1, 0.15) is 68.4 Å². The third-order valence-electron chi connectivity index (χ3n) is 8.03. The molecule has 6 nitrogen and oxygen atoms in total. The molecule has 1 amide bonds. The van der Waals surface area contributed by atoms with Crippen molar-refractivity contribution in [2.45, 2.75) is 64.5 Å². The summed E-state index contributed by atoms with van der Waals surface area (Å²) in [7, 11) is 3.24.